The molecule has 2 aromatic heterocycles. The molecule has 0 unspecified atom stereocenters. The molecule has 0 fully saturated rings. The van der Waals surface area contributed by atoms with Crippen LogP contribution in [0.2, 0.25) is 0 Å². The monoisotopic (exact) mass is 315 g/mol. The van der Waals surface area contributed by atoms with Crippen LogP contribution in [0.5, 0.6) is 0 Å². The summed E-state index contributed by atoms with van der Waals surface area (Å²) in [6, 6.07) is 2.09. The Balaban J connectivity index is 2.47. The number of aryl methyl sites for hydroxylation is 2. The van der Waals surface area contributed by atoms with Crippen molar-refractivity contribution in [3.8, 4) is 6.07 Å². The van der Waals surface area contributed by atoms with Gasteiger partial charge >= 0.3 is 0 Å². The highest BCUT2D eigenvalue weighted by Crippen LogP contribution is 2.29. The van der Waals surface area contributed by atoms with Crippen LogP contribution in [-0.4, -0.2) is 20.0 Å². The Bertz CT molecular complexity index is 824. The molecule has 0 aliphatic heterocycles. The summed E-state index contributed by atoms with van der Waals surface area (Å²) in [5, 5.41) is 27.2. The molecule has 2 heterocycles. The first-order chi connectivity index (χ1) is 10.8. The van der Waals surface area contributed by atoms with E-state index in [1.54, 1.807) is 7.05 Å². The van der Waals surface area contributed by atoms with E-state index >= 15 is 0 Å². The first-order valence-electron chi connectivity index (χ1n) is 7.48. The van der Waals surface area contributed by atoms with Gasteiger partial charge in [-0.2, -0.15) is 10.4 Å². The Hall–Kier alpha value is -2.69. The third-order valence-corrected chi connectivity index (χ3v) is 3.45. The van der Waals surface area contributed by atoms with Crippen molar-refractivity contribution in [2.75, 3.05) is 0 Å². The zero-order valence-electron chi connectivity index (χ0n) is 14.1. The minimum atomic E-state index is -0.286. The van der Waals surface area contributed by atoms with Crippen LogP contribution >= 0.6 is 0 Å². The highest BCUT2D eigenvalue weighted by Gasteiger charge is 2.24. The first kappa shape index (κ1) is 16.7. The van der Waals surface area contributed by atoms with Gasteiger partial charge in [-0.3, -0.25) is 19.7 Å². The van der Waals surface area contributed by atoms with E-state index < -0.39 is 0 Å². The Morgan fingerprint density at radius 3 is 2.61 bits per heavy atom. The number of nitrogens with zero attached hydrogens (tertiary/aromatic N) is 5. The highest BCUT2D eigenvalue weighted by molar-refractivity contribution is 5.51. The van der Waals surface area contributed by atoms with Crippen molar-refractivity contribution in [3.63, 3.8) is 0 Å². The predicted octanol–water partition coefficient (Wildman–Crippen LogP) is 2.97. The first-order valence-corrected chi connectivity index (χ1v) is 7.48. The van der Waals surface area contributed by atoms with Crippen molar-refractivity contribution in [3.05, 3.63) is 27.3 Å². The zero-order valence-corrected chi connectivity index (χ0v) is 14.1. The minimum Gasteiger partial charge on any atom is -0.297 e. The molecule has 2 aromatic rings. The maximum Gasteiger partial charge on any atom is 0.294 e. The maximum absolute atomic E-state index is 12.2. The third-order valence-electron chi connectivity index (χ3n) is 3.45. The Morgan fingerprint density at radius 1 is 1.35 bits per heavy atom. The number of H-pyrrole nitrogens is 2. The van der Waals surface area contributed by atoms with Crippen LogP contribution in [0.3, 0.4) is 0 Å². The van der Waals surface area contributed by atoms with Crippen molar-refractivity contribution in [2.24, 2.45) is 17.3 Å². The summed E-state index contributed by atoms with van der Waals surface area (Å²) in [5.74, 6) is 0.207. The quantitative estimate of drug-likeness (QED) is 0.845. The van der Waals surface area contributed by atoms with Gasteiger partial charge in [-0.25, -0.2) is 0 Å². The number of nitrogens with one attached hydrogen (secondary N) is 2. The van der Waals surface area contributed by atoms with Crippen LogP contribution in [0.15, 0.2) is 15.0 Å². The summed E-state index contributed by atoms with van der Waals surface area (Å²) in [5.41, 5.74) is 1.50. The van der Waals surface area contributed by atoms with E-state index in [0.29, 0.717) is 17.7 Å². The molecule has 2 rings (SSSR count). The fourth-order valence-corrected chi connectivity index (χ4v) is 2.24. The van der Waals surface area contributed by atoms with Gasteiger partial charge in [0.2, 0.25) is 5.82 Å². The number of rotatable bonds is 4. The molecule has 0 aromatic carbocycles. The van der Waals surface area contributed by atoms with Gasteiger partial charge in [0, 0.05) is 12.5 Å². The molecule has 2 N–H and O–H groups in total. The van der Waals surface area contributed by atoms with Gasteiger partial charge in [-0.15, -0.1) is 10.2 Å². The molecule has 23 heavy (non-hydrogen) atoms. The molecule has 0 atom stereocenters. The molecule has 0 saturated heterocycles. The Labute approximate surface area is 134 Å². The molecule has 8 heteroatoms. The lowest BCUT2D eigenvalue weighted by atomic mass is 9.91. The van der Waals surface area contributed by atoms with Gasteiger partial charge in [0.25, 0.3) is 5.56 Å². The SMILES string of the molecule is CCCc1[nH]nc(N=Nc2c(C(C)(C)C)[nH]n(C)c2=O)c1C#N. The normalized spacial score (nSPS) is 12.0. The van der Waals surface area contributed by atoms with E-state index in [9.17, 15) is 10.1 Å². The van der Waals surface area contributed by atoms with Gasteiger partial charge in [0.15, 0.2) is 5.69 Å². The second-order valence-electron chi connectivity index (χ2n) is 6.41. The molecule has 8 nitrogen and oxygen atoms in total. The van der Waals surface area contributed by atoms with Crippen LogP contribution in [0.4, 0.5) is 11.5 Å². The topological polar surface area (TPSA) is 115 Å². The standard InChI is InChI=1S/C15H21N7O/c1-6-7-10-9(8-16)13(19-17-10)20-18-11-12(15(2,3)4)21-22(5)14(11)23/h21H,6-7H2,1-5H3,(H,17,19). The maximum atomic E-state index is 12.2. The summed E-state index contributed by atoms with van der Waals surface area (Å²) in [7, 11) is 1.63. The van der Waals surface area contributed by atoms with Gasteiger partial charge in [0.1, 0.15) is 11.6 Å². The fourth-order valence-electron chi connectivity index (χ4n) is 2.24. The van der Waals surface area contributed by atoms with E-state index in [4.69, 9.17) is 0 Å². The smallest absolute Gasteiger partial charge is 0.294 e. The van der Waals surface area contributed by atoms with E-state index in [2.05, 4.69) is 31.6 Å². The number of hydrogen-bond donors (Lipinski definition) is 2. The summed E-state index contributed by atoms with van der Waals surface area (Å²) in [6.07, 6.45) is 1.60. The number of azo groups is 1. The summed E-state index contributed by atoms with van der Waals surface area (Å²) in [6.45, 7) is 7.95. The summed E-state index contributed by atoms with van der Waals surface area (Å²) >= 11 is 0. The lowest BCUT2D eigenvalue weighted by molar-refractivity contribution is 0.552. The molecule has 0 amide bonds. The molecule has 122 valence electrons. The van der Waals surface area contributed by atoms with Crippen LogP contribution in [-0.2, 0) is 18.9 Å². The van der Waals surface area contributed by atoms with E-state index in [0.717, 1.165) is 12.1 Å². The molecule has 0 bridgehead atoms. The average molecular weight is 315 g/mol. The van der Waals surface area contributed by atoms with Crippen LogP contribution in [0.25, 0.3) is 0 Å². The summed E-state index contributed by atoms with van der Waals surface area (Å²) in [4.78, 5) is 12.2. The second-order valence-corrected chi connectivity index (χ2v) is 6.41. The number of nitriles is 1. The zero-order chi connectivity index (χ0) is 17.2. The highest BCUT2D eigenvalue weighted by atomic mass is 16.1. The Morgan fingerprint density at radius 2 is 2.04 bits per heavy atom. The van der Waals surface area contributed by atoms with Crippen molar-refractivity contribution < 1.29 is 0 Å². The number of aromatic nitrogens is 4. The summed E-state index contributed by atoms with van der Waals surface area (Å²) < 4.78 is 1.37. The lowest BCUT2D eigenvalue weighted by Gasteiger charge is -2.16. The van der Waals surface area contributed by atoms with E-state index in [1.165, 1.54) is 4.68 Å². The molecular formula is C15H21N7O. The molecule has 0 radical (unpaired) electrons. The van der Waals surface area contributed by atoms with E-state index in [-0.39, 0.29) is 22.5 Å². The molecular weight excluding hydrogens is 294 g/mol. The minimum absolute atomic E-state index is 0.207. The number of aromatic amines is 2. The van der Waals surface area contributed by atoms with Crippen LogP contribution in [0, 0.1) is 11.3 Å². The fraction of sp³-hybridized carbons (Fsp3) is 0.533. The van der Waals surface area contributed by atoms with Crippen molar-refractivity contribution in [1.29, 1.82) is 5.26 Å². The number of hydrogen-bond acceptors (Lipinski definition) is 5. The van der Waals surface area contributed by atoms with E-state index in [1.807, 2.05) is 27.7 Å². The van der Waals surface area contributed by atoms with Gasteiger partial charge in [-0.05, 0) is 6.42 Å². The van der Waals surface area contributed by atoms with Crippen molar-refractivity contribution >= 4 is 11.5 Å². The van der Waals surface area contributed by atoms with Gasteiger partial charge < -0.3 is 0 Å². The molecule has 0 spiro atoms. The van der Waals surface area contributed by atoms with Crippen molar-refractivity contribution in [2.45, 2.75) is 46.0 Å². The largest absolute Gasteiger partial charge is 0.297 e. The second kappa shape index (κ2) is 6.20. The average Bonchev–Trinajstić information content (AvgIpc) is 2.99. The Kier molecular flexibility index (Phi) is 4.50. The lowest BCUT2D eigenvalue weighted by Crippen LogP contribution is -2.12. The van der Waals surface area contributed by atoms with Crippen LogP contribution in [0.1, 0.15) is 51.1 Å². The third kappa shape index (κ3) is 3.23. The molecule has 0 aliphatic carbocycles. The molecule has 0 saturated carbocycles. The molecule has 0 aliphatic rings. The van der Waals surface area contributed by atoms with Crippen LogP contribution < -0.4 is 5.56 Å². The van der Waals surface area contributed by atoms with Gasteiger partial charge in [0.05, 0.1) is 11.4 Å². The van der Waals surface area contributed by atoms with Gasteiger partial charge in [-0.1, -0.05) is 34.1 Å². The predicted molar refractivity (Wildman–Crippen MR) is 86.2 cm³/mol. The van der Waals surface area contributed by atoms with Crippen molar-refractivity contribution in [1.82, 2.24) is 20.0 Å².